The molecule has 0 fully saturated rings. The second-order valence-corrected chi connectivity index (χ2v) is 5.30. The summed E-state index contributed by atoms with van der Waals surface area (Å²) in [5.74, 6) is 1.10. The quantitative estimate of drug-likeness (QED) is 0.932. The molecule has 2 rings (SSSR count). The first-order valence-electron chi connectivity index (χ1n) is 5.63. The molecule has 0 saturated heterocycles. The number of hydrogen-bond donors (Lipinski definition) is 1. The highest BCUT2D eigenvalue weighted by molar-refractivity contribution is 9.10. The van der Waals surface area contributed by atoms with Gasteiger partial charge in [-0.25, -0.2) is 0 Å². The largest absolute Gasteiger partial charge is 0.334 e. The monoisotopic (exact) mass is 329 g/mol. The zero-order chi connectivity index (χ0) is 13.1. The molecule has 1 unspecified atom stereocenters. The lowest BCUT2D eigenvalue weighted by Gasteiger charge is -2.02. The van der Waals surface area contributed by atoms with Crippen LogP contribution in [-0.2, 0) is 6.42 Å². The molecule has 6 heteroatoms. The van der Waals surface area contributed by atoms with E-state index < -0.39 is 0 Å². The SMILES string of the molecule is CCC(N)Cc1noc(-c2ccc(Cl)cc2Br)n1. The molecule has 0 radical (unpaired) electrons. The first-order chi connectivity index (χ1) is 8.60. The van der Waals surface area contributed by atoms with Crippen molar-refractivity contribution in [1.29, 1.82) is 0 Å². The van der Waals surface area contributed by atoms with Crippen molar-refractivity contribution in [3.63, 3.8) is 0 Å². The van der Waals surface area contributed by atoms with Gasteiger partial charge in [-0.3, -0.25) is 0 Å². The predicted octanol–water partition coefficient (Wildman–Crippen LogP) is 3.43. The summed E-state index contributed by atoms with van der Waals surface area (Å²) in [4.78, 5) is 4.33. The fourth-order valence-electron chi connectivity index (χ4n) is 1.49. The van der Waals surface area contributed by atoms with E-state index in [4.69, 9.17) is 21.9 Å². The number of hydrogen-bond acceptors (Lipinski definition) is 4. The highest BCUT2D eigenvalue weighted by Gasteiger charge is 2.13. The Bertz CT molecular complexity index is 544. The van der Waals surface area contributed by atoms with E-state index in [0.29, 0.717) is 23.2 Å². The van der Waals surface area contributed by atoms with E-state index in [-0.39, 0.29) is 6.04 Å². The molecular formula is C12H13BrClN3O. The first-order valence-corrected chi connectivity index (χ1v) is 6.80. The Kier molecular flexibility index (Phi) is 4.37. The smallest absolute Gasteiger partial charge is 0.259 e. The van der Waals surface area contributed by atoms with Crippen molar-refractivity contribution < 1.29 is 4.52 Å². The maximum Gasteiger partial charge on any atom is 0.259 e. The Morgan fingerprint density at radius 2 is 2.28 bits per heavy atom. The van der Waals surface area contributed by atoms with Gasteiger partial charge in [-0.15, -0.1) is 0 Å². The molecule has 0 aliphatic heterocycles. The lowest BCUT2D eigenvalue weighted by molar-refractivity contribution is 0.419. The van der Waals surface area contributed by atoms with Crippen molar-refractivity contribution >= 4 is 27.5 Å². The highest BCUT2D eigenvalue weighted by Crippen LogP contribution is 2.29. The van der Waals surface area contributed by atoms with Crippen molar-refractivity contribution in [3.05, 3.63) is 33.5 Å². The van der Waals surface area contributed by atoms with Crippen LogP contribution in [0.25, 0.3) is 11.5 Å². The van der Waals surface area contributed by atoms with Crippen LogP contribution in [-0.4, -0.2) is 16.2 Å². The molecule has 0 spiro atoms. The third kappa shape index (κ3) is 3.10. The van der Waals surface area contributed by atoms with Crippen LogP contribution in [0.5, 0.6) is 0 Å². The second-order valence-electron chi connectivity index (χ2n) is 4.01. The maximum atomic E-state index is 5.88. The number of rotatable bonds is 4. The molecule has 1 atom stereocenters. The van der Waals surface area contributed by atoms with Crippen LogP contribution in [0.3, 0.4) is 0 Å². The van der Waals surface area contributed by atoms with Gasteiger partial charge in [0.25, 0.3) is 5.89 Å². The summed E-state index contributed by atoms with van der Waals surface area (Å²) in [5.41, 5.74) is 6.68. The normalized spacial score (nSPS) is 12.7. The van der Waals surface area contributed by atoms with Crippen molar-refractivity contribution in [3.8, 4) is 11.5 Å². The minimum absolute atomic E-state index is 0.0594. The van der Waals surface area contributed by atoms with Gasteiger partial charge in [0.15, 0.2) is 5.82 Å². The third-order valence-electron chi connectivity index (χ3n) is 2.60. The van der Waals surface area contributed by atoms with Gasteiger partial charge in [0.05, 0.1) is 5.56 Å². The Labute approximate surface area is 119 Å². The number of halogens is 2. The molecule has 2 N–H and O–H groups in total. The molecule has 0 bridgehead atoms. The molecule has 0 aliphatic rings. The summed E-state index contributed by atoms with van der Waals surface area (Å²) in [6.07, 6.45) is 1.50. The summed E-state index contributed by atoms with van der Waals surface area (Å²) >= 11 is 9.30. The highest BCUT2D eigenvalue weighted by atomic mass is 79.9. The molecule has 1 aromatic heterocycles. The summed E-state index contributed by atoms with van der Waals surface area (Å²) < 4.78 is 6.05. The van der Waals surface area contributed by atoms with Crippen LogP contribution < -0.4 is 5.73 Å². The standard InChI is InChI=1S/C12H13BrClN3O/c1-2-8(15)6-11-16-12(18-17-11)9-4-3-7(14)5-10(9)13/h3-5,8H,2,6,15H2,1H3. The van der Waals surface area contributed by atoms with Gasteiger partial charge in [-0.1, -0.05) is 23.7 Å². The van der Waals surface area contributed by atoms with E-state index in [0.717, 1.165) is 16.5 Å². The number of nitrogens with two attached hydrogens (primary N) is 1. The fourth-order valence-corrected chi connectivity index (χ4v) is 2.34. The number of benzene rings is 1. The van der Waals surface area contributed by atoms with E-state index in [1.54, 1.807) is 12.1 Å². The van der Waals surface area contributed by atoms with E-state index in [1.807, 2.05) is 13.0 Å². The Morgan fingerprint density at radius 1 is 1.50 bits per heavy atom. The Balaban J connectivity index is 2.24. The van der Waals surface area contributed by atoms with Crippen LogP contribution in [0.1, 0.15) is 19.2 Å². The van der Waals surface area contributed by atoms with Gasteiger partial charge in [-0.2, -0.15) is 4.98 Å². The molecule has 4 nitrogen and oxygen atoms in total. The lowest BCUT2D eigenvalue weighted by atomic mass is 10.1. The number of aromatic nitrogens is 2. The molecule has 0 amide bonds. The van der Waals surface area contributed by atoms with Crippen molar-refractivity contribution in [2.45, 2.75) is 25.8 Å². The van der Waals surface area contributed by atoms with Crippen molar-refractivity contribution in [1.82, 2.24) is 10.1 Å². The second kappa shape index (κ2) is 5.82. The van der Waals surface area contributed by atoms with Crippen LogP contribution in [0.4, 0.5) is 0 Å². The molecule has 1 aromatic carbocycles. The summed E-state index contributed by atoms with van der Waals surface area (Å²) in [5, 5.41) is 4.58. The zero-order valence-electron chi connectivity index (χ0n) is 9.86. The average molecular weight is 331 g/mol. The molecule has 0 aliphatic carbocycles. The summed E-state index contributed by atoms with van der Waals surface area (Å²) in [6, 6.07) is 5.47. The van der Waals surface area contributed by atoms with Gasteiger partial charge in [0.1, 0.15) is 0 Å². The molecule has 2 aromatic rings. The summed E-state index contributed by atoms with van der Waals surface area (Å²) in [7, 11) is 0. The average Bonchev–Trinajstić information content (AvgIpc) is 2.77. The molecule has 96 valence electrons. The van der Waals surface area contributed by atoms with Crippen molar-refractivity contribution in [2.75, 3.05) is 0 Å². The maximum absolute atomic E-state index is 5.88. The molecular weight excluding hydrogens is 318 g/mol. The lowest BCUT2D eigenvalue weighted by Crippen LogP contribution is -2.21. The predicted molar refractivity (Wildman–Crippen MR) is 74.4 cm³/mol. The van der Waals surface area contributed by atoms with Gasteiger partial charge in [0, 0.05) is 22.0 Å². The zero-order valence-corrected chi connectivity index (χ0v) is 12.2. The topological polar surface area (TPSA) is 64.9 Å². The number of nitrogens with zero attached hydrogens (tertiary/aromatic N) is 2. The minimum Gasteiger partial charge on any atom is -0.334 e. The Morgan fingerprint density at radius 3 is 2.94 bits per heavy atom. The Hall–Kier alpha value is -0.910. The molecule has 0 saturated carbocycles. The first kappa shape index (κ1) is 13.5. The van der Waals surface area contributed by atoms with Crippen LogP contribution >= 0.6 is 27.5 Å². The van der Waals surface area contributed by atoms with E-state index in [1.165, 1.54) is 0 Å². The van der Waals surface area contributed by atoms with Crippen molar-refractivity contribution in [2.24, 2.45) is 5.73 Å². The third-order valence-corrected chi connectivity index (χ3v) is 3.49. The fraction of sp³-hybridized carbons (Fsp3) is 0.333. The van der Waals surface area contributed by atoms with Crippen LogP contribution in [0.2, 0.25) is 5.02 Å². The van der Waals surface area contributed by atoms with Gasteiger partial charge >= 0.3 is 0 Å². The minimum atomic E-state index is 0.0594. The van der Waals surface area contributed by atoms with Crippen LogP contribution in [0.15, 0.2) is 27.2 Å². The summed E-state index contributed by atoms with van der Waals surface area (Å²) in [6.45, 7) is 2.03. The van der Waals surface area contributed by atoms with E-state index in [9.17, 15) is 0 Å². The van der Waals surface area contributed by atoms with Crippen LogP contribution in [0, 0.1) is 0 Å². The van der Waals surface area contributed by atoms with E-state index >= 15 is 0 Å². The van der Waals surface area contributed by atoms with Gasteiger partial charge < -0.3 is 10.3 Å². The molecule has 1 heterocycles. The van der Waals surface area contributed by atoms with Gasteiger partial charge in [0.2, 0.25) is 0 Å². The molecule has 18 heavy (non-hydrogen) atoms. The van der Waals surface area contributed by atoms with E-state index in [2.05, 4.69) is 26.1 Å². The van der Waals surface area contributed by atoms with Gasteiger partial charge in [-0.05, 0) is 40.5 Å².